The molecule has 108 valence electrons. The number of hydrogen-bond donors (Lipinski definition) is 1. The molecule has 1 fully saturated rings. The van der Waals surface area contributed by atoms with Crippen molar-refractivity contribution in [3.63, 3.8) is 0 Å². The highest BCUT2D eigenvalue weighted by Gasteiger charge is 2.39. The fraction of sp³-hybridized carbons (Fsp3) is 0.250. The van der Waals surface area contributed by atoms with Crippen LogP contribution < -0.4 is 5.32 Å². The van der Waals surface area contributed by atoms with Gasteiger partial charge in [-0.2, -0.15) is 0 Å². The summed E-state index contributed by atoms with van der Waals surface area (Å²) in [6.45, 7) is 0. The Labute approximate surface area is 136 Å². The highest BCUT2D eigenvalue weighted by molar-refractivity contribution is 9.10. The van der Waals surface area contributed by atoms with Gasteiger partial charge in [0.2, 0.25) is 5.91 Å². The average molecular weight is 363 g/mol. The standard InChI is InChI=1S/C16H15BrN2OS/c17-13-4-1-3-12(9-13)16(7-2-8-16)19-15(20)6-5-14-10-21-11-18-14/h1,3-6,9-11H,2,7-8H2,(H,19,20)/b6-5+. The number of aromatic nitrogens is 1. The third-order valence-electron chi connectivity index (χ3n) is 3.80. The number of thiazole rings is 1. The Bertz CT molecular complexity index is 663. The zero-order chi connectivity index (χ0) is 14.7. The van der Waals surface area contributed by atoms with E-state index in [-0.39, 0.29) is 11.4 Å². The van der Waals surface area contributed by atoms with Crippen LogP contribution in [0.2, 0.25) is 0 Å². The van der Waals surface area contributed by atoms with Crippen molar-refractivity contribution in [1.29, 1.82) is 0 Å². The second kappa shape index (κ2) is 6.12. The molecule has 1 aliphatic carbocycles. The summed E-state index contributed by atoms with van der Waals surface area (Å²) in [6.07, 6.45) is 6.42. The first-order valence-electron chi connectivity index (χ1n) is 6.82. The fourth-order valence-electron chi connectivity index (χ4n) is 2.55. The first-order valence-corrected chi connectivity index (χ1v) is 8.56. The van der Waals surface area contributed by atoms with Gasteiger partial charge in [0.05, 0.1) is 16.7 Å². The summed E-state index contributed by atoms with van der Waals surface area (Å²) in [5.41, 5.74) is 3.53. The molecule has 0 saturated heterocycles. The van der Waals surface area contributed by atoms with Gasteiger partial charge in [-0.15, -0.1) is 11.3 Å². The molecular formula is C16H15BrN2OS. The Morgan fingerprint density at radius 1 is 1.43 bits per heavy atom. The average Bonchev–Trinajstić information content (AvgIpc) is 2.94. The van der Waals surface area contributed by atoms with Gasteiger partial charge >= 0.3 is 0 Å². The predicted octanol–water partition coefficient (Wildman–Crippen LogP) is 4.11. The lowest BCUT2D eigenvalue weighted by Gasteiger charge is -2.43. The van der Waals surface area contributed by atoms with E-state index in [0.717, 1.165) is 29.4 Å². The van der Waals surface area contributed by atoms with Crippen molar-refractivity contribution in [3.8, 4) is 0 Å². The summed E-state index contributed by atoms with van der Waals surface area (Å²) in [5.74, 6) is -0.0670. The van der Waals surface area contributed by atoms with Crippen LogP contribution in [0.5, 0.6) is 0 Å². The van der Waals surface area contributed by atoms with Crippen LogP contribution in [0.15, 0.2) is 45.7 Å². The number of benzene rings is 1. The van der Waals surface area contributed by atoms with Gasteiger partial charge in [-0.1, -0.05) is 28.1 Å². The van der Waals surface area contributed by atoms with E-state index < -0.39 is 0 Å². The maximum Gasteiger partial charge on any atom is 0.244 e. The predicted molar refractivity (Wildman–Crippen MR) is 89.0 cm³/mol. The Hall–Kier alpha value is -1.46. The summed E-state index contributed by atoms with van der Waals surface area (Å²) < 4.78 is 1.04. The smallest absolute Gasteiger partial charge is 0.244 e. The van der Waals surface area contributed by atoms with Crippen molar-refractivity contribution in [1.82, 2.24) is 10.3 Å². The zero-order valence-electron chi connectivity index (χ0n) is 11.4. The van der Waals surface area contributed by atoms with Crippen LogP contribution in [0.1, 0.15) is 30.5 Å². The van der Waals surface area contributed by atoms with Crippen molar-refractivity contribution >= 4 is 39.2 Å². The van der Waals surface area contributed by atoms with Gasteiger partial charge in [-0.3, -0.25) is 4.79 Å². The van der Waals surface area contributed by atoms with Gasteiger partial charge in [0.25, 0.3) is 0 Å². The first-order chi connectivity index (χ1) is 10.2. The minimum Gasteiger partial charge on any atom is -0.343 e. The van der Waals surface area contributed by atoms with Gasteiger partial charge in [0.1, 0.15) is 0 Å². The van der Waals surface area contributed by atoms with Crippen LogP contribution in [0.3, 0.4) is 0 Å². The molecule has 0 radical (unpaired) electrons. The minimum atomic E-state index is -0.215. The molecule has 2 aromatic rings. The van der Waals surface area contributed by atoms with E-state index in [0.29, 0.717) is 0 Å². The van der Waals surface area contributed by atoms with Crippen LogP contribution in [0.4, 0.5) is 0 Å². The Balaban J connectivity index is 1.74. The molecule has 0 unspecified atom stereocenters. The molecular weight excluding hydrogens is 348 g/mol. The highest BCUT2D eigenvalue weighted by Crippen LogP contribution is 2.41. The molecule has 1 saturated carbocycles. The van der Waals surface area contributed by atoms with Crippen LogP contribution in [0.25, 0.3) is 6.08 Å². The van der Waals surface area contributed by atoms with Gasteiger partial charge in [0, 0.05) is 15.9 Å². The lowest BCUT2D eigenvalue weighted by Crippen LogP contribution is -2.50. The molecule has 1 aromatic heterocycles. The maximum absolute atomic E-state index is 12.2. The van der Waals surface area contributed by atoms with Crippen molar-refractivity contribution in [2.75, 3.05) is 0 Å². The number of carbonyl (C=O) groups is 1. The fourth-order valence-corrected chi connectivity index (χ4v) is 3.47. The normalized spacial score (nSPS) is 16.6. The van der Waals surface area contributed by atoms with Crippen molar-refractivity contribution in [2.45, 2.75) is 24.8 Å². The molecule has 5 heteroatoms. The van der Waals surface area contributed by atoms with E-state index in [1.54, 1.807) is 17.7 Å². The quantitative estimate of drug-likeness (QED) is 0.831. The van der Waals surface area contributed by atoms with E-state index in [2.05, 4.69) is 38.4 Å². The number of rotatable bonds is 4. The van der Waals surface area contributed by atoms with Crippen LogP contribution in [-0.4, -0.2) is 10.9 Å². The molecule has 1 N–H and O–H groups in total. The van der Waals surface area contributed by atoms with E-state index >= 15 is 0 Å². The molecule has 0 spiro atoms. The molecule has 3 nitrogen and oxygen atoms in total. The number of amides is 1. The first kappa shape index (κ1) is 14.5. The zero-order valence-corrected chi connectivity index (χ0v) is 13.8. The van der Waals surface area contributed by atoms with E-state index in [4.69, 9.17) is 0 Å². The summed E-state index contributed by atoms with van der Waals surface area (Å²) >= 11 is 5.02. The second-order valence-electron chi connectivity index (χ2n) is 5.18. The monoisotopic (exact) mass is 362 g/mol. The molecule has 0 bridgehead atoms. The minimum absolute atomic E-state index is 0.0670. The lowest BCUT2D eigenvalue weighted by atomic mass is 9.72. The van der Waals surface area contributed by atoms with Crippen LogP contribution >= 0.6 is 27.3 Å². The summed E-state index contributed by atoms with van der Waals surface area (Å²) in [7, 11) is 0. The molecule has 21 heavy (non-hydrogen) atoms. The molecule has 1 aliphatic rings. The summed E-state index contributed by atoms with van der Waals surface area (Å²) in [4.78, 5) is 16.3. The number of nitrogens with one attached hydrogen (secondary N) is 1. The topological polar surface area (TPSA) is 42.0 Å². The van der Waals surface area contributed by atoms with Crippen molar-refractivity contribution < 1.29 is 4.79 Å². The summed E-state index contributed by atoms with van der Waals surface area (Å²) in [5, 5.41) is 5.08. The Kier molecular flexibility index (Phi) is 4.22. The van der Waals surface area contributed by atoms with Crippen LogP contribution in [-0.2, 0) is 10.3 Å². The number of hydrogen-bond acceptors (Lipinski definition) is 3. The molecule has 0 atom stereocenters. The number of carbonyl (C=O) groups excluding carboxylic acids is 1. The van der Waals surface area contributed by atoms with E-state index in [1.807, 2.05) is 17.5 Å². The molecule has 1 aromatic carbocycles. The largest absolute Gasteiger partial charge is 0.343 e. The Morgan fingerprint density at radius 2 is 2.29 bits per heavy atom. The van der Waals surface area contributed by atoms with Gasteiger partial charge in [-0.25, -0.2) is 4.98 Å². The second-order valence-corrected chi connectivity index (χ2v) is 6.82. The number of nitrogens with zero attached hydrogens (tertiary/aromatic N) is 1. The van der Waals surface area contributed by atoms with Crippen molar-refractivity contribution in [3.05, 3.63) is 57.0 Å². The molecule has 1 amide bonds. The van der Waals surface area contributed by atoms with Gasteiger partial charge in [0.15, 0.2) is 0 Å². The van der Waals surface area contributed by atoms with E-state index in [1.165, 1.54) is 16.9 Å². The third-order valence-corrected chi connectivity index (χ3v) is 4.90. The Morgan fingerprint density at radius 3 is 2.90 bits per heavy atom. The molecule has 0 aliphatic heterocycles. The SMILES string of the molecule is O=C(/C=C/c1cscn1)NC1(c2cccc(Br)c2)CCC1. The van der Waals surface area contributed by atoms with E-state index in [9.17, 15) is 4.79 Å². The number of halogens is 1. The van der Waals surface area contributed by atoms with Crippen LogP contribution in [0, 0.1) is 0 Å². The van der Waals surface area contributed by atoms with Gasteiger partial charge < -0.3 is 5.32 Å². The summed E-state index contributed by atoms with van der Waals surface area (Å²) in [6, 6.07) is 8.18. The van der Waals surface area contributed by atoms with Crippen molar-refractivity contribution in [2.24, 2.45) is 0 Å². The molecule has 3 rings (SSSR count). The lowest BCUT2D eigenvalue weighted by molar-refractivity contribution is -0.119. The third kappa shape index (κ3) is 3.24. The van der Waals surface area contributed by atoms with Gasteiger partial charge in [-0.05, 0) is 43.0 Å². The maximum atomic E-state index is 12.2. The molecule has 1 heterocycles. The highest BCUT2D eigenvalue weighted by atomic mass is 79.9.